The first-order chi connectivity index (χ1) is 6.43. The largest absolute Gasteiger partial charge is 0.513 e. The smallest absolute Gasteiger partial charge is 0.430 e. The topological polar surface area (TPSA) is 35.5 Å². The van der Waals surface area contributed by atoms with Crippen LogP contribution in [0.3, 0.4) is 0 Å². The number of cyclic esters (lactones) is 2. The Morgan fingerprint density at radius 2 is 1.93 bits per heavy atom. The Bertz CT molecular complexity index is 262. The number of allylic oxidation sites excluding steroid dienone is 1. The van der Waals surface area contributed by atoms with E-state index in [-0.39, 0.29) is 12.0 Å². The summed E-state index contributed by atoms with van der Waals surface area (Å²) < 4.78 is 10.2. The summed E-state index contributed by atoms with van der Waals surface area (Å²) in [6.45, 7) is 10.0. The molecule has 0 aromatic rings. The van der Waals surface area contributed by atoms with Crippen LogP contribution in [0.5, 0.6) is 0 Å². The Kier molecular flexibility index (Phi) is 3.19. The van der Waals surface area contributed by atoms with Crippen molar-refractivity contribution in [1.29, 1.82) is 0 Å². The standard InChI is InChI=1S/C11H18O3/c1-6(2)9-8(5)10(7(3)4)14-11(12)13-9/h6,8-9H,1-5H3/t8-,9+/m1/s1. The highest BCUT2D eigenvalue weighted by Gasteiger charge is 2.35. The van der Waals surface area contributed by atoms with Crippen LogP contribution in [0.25, 0.3) is 0 Å². The van der Waals surface area contributed by atoms with Crippen molar-refractivity contribution in [2.45, 2.75) is 40.7 Å². The van der Waals surface area contributed by atoms with Gasteiger partial charge in [0.05, 0.1) is 5.92 Å². The average Bonchev–Trinajstić information content (AvgIpc) is 2.07. The highest BCUT2D eigenvalue weighted by Crippen LogP contribution is 2.31. The van der Waals surface area contributed by atoms with Crippen LogP contribution in [0.2, 0.25) is 0 Å². The molecule has 0 aromatic carbocycles. The Balaban J connectivity index is 2.93. The molecular weight excluding hydrogens is 180 g/mol. The van der Waals surface area contributed by atoms with Gasteiger partial charge < -0.3 is 9.47 Å². The summed E-state index contributed by atoms with van der Waals surface area (Å²) in [5, 5.41) is 0. The molecule has 0 saturated carbocycles. The maximum absolute atomic E-state index is 11.2. The first kappa shape index (κ1) is 11.1. The number of hydrogen-bond donors (Lipinski definition) is 0. The summed E-state index contributed by atoms with van der Waals surface area (Å²) in [5.41, 5.74) is 1.04. The van der Waals surface area contributed by atoms with Gasteiger partial charge in [0, 0.05) is 0 Å². The van der Waals surface area contributed by atoms with Crippen LogP contribution in [0.1, 0.15) is 34.6 Å². The Labute approximate surface area is 85.1 Å². The molecule has 2 atom stereocenters. The van der Waals surface area contributed by atoms with Crippen LogP contribution in [-0.2, 0) is 9.47 Å². The minimum absolute atomic E-state index is 0.0684. The lowest BCUT2D eigenvalue weighted by molar-refractivity contribution is -0.0411. The lowest BCUT2D eigenvalue weighted by Crippen LogP contribution is -2.37. The highest BCUT2D eigenvalue weighted by molar-refractivity contribution is 5.63. The molecule has 0 amide bonds. The normalized spacial score (nSPS) is 27.3. The van der Waals surface area contributed by atoms with Gasteiger partial charge in [0.1, 0.15) is 11.9 Å². The van der Waals surface area contributed by atoms with Crippen LogP contribution in [0.4, 0.5) is 4.79 Å². The fourth-order valence-electron chi connectivity index (χ4n) is 1.84. The number of rotatable bonds is 1. The average molecular weight is 198 g/mol. The quantitative estimate of drug-likeness (QED) is 0.607. The van der Waals surface area contributed by atoms with E-state index in [0.29, 0.717) is 5.92 Å². The third kappa shape index (κ3) is 2.08. The van der Waals surface area contributed by atoms with Crippen LogP contribution < -0.4 is 0 Å². The van der Waals surface area contributed by atoms with E-state index >= 15 is 0 Å². The van der Waals surface area contributed by atoms with Crippen molar-refractivity contribution in [3.05, 3.63) is 11.3 Å². The number of carbonyl (C=O) groups excluding carboxylic acids is 1. The molecule has 80 valence electrons. The fraction of sp³-hybridized carbons (Fsp3) is 0.727. The molecule has 3 heteroatoms. The van der Waals surface area contributed by atoms with E-state index in [2.05, 4.69) is 0 Å². The molecule has 1 aliphatic rings. The van der Waals surface area contributed by atoms with E-state index in [9.17, 15) is 4.79 Å². The summed E-state index contributed by atoms with van der Waals surface area (Å²) in [6, 6.07) is 0. The van der Waals surface area contributed by atoms with Crippen molar-refractivity contribution >= 4 is 6.16 Å². The fourth-order valence-corrected chi connectivity index (χ4v) is 1.84. The van der Waals surface area contributed by atoms with Gasteiger partial charge >= 0.3 is 6.16 Å². The second-order valence-corrected chi connectivity index (χ2v) is 4.33. The maximum atomic E-state index is 11.2. The van der Waals surface area contributed by atoms with Crippen molar-refractivity contribution in [2.75, 3.05) is 0 Å². The van der Waals surface area contributed by atoms with Gasteiger partial charge in [0.2, 0.25) is 0 Å². The molecule has 0 unspecified atom stereocenters. The van der Waals surface area contributed by atoms with Gasteiger partial charge in [-0.3, -0.25) is 0 Å². The minimum Gasteiger partial charge on any atom is -0.430 e. The van der Waals surface area contributed by atoms with Gasteiger partial charge in [-0.2, -0.15) is 0 Å². The summed E-state index contributed by atoms with van der Waals surface area (Å²) >= 11 is 0. The van der Waals surface area contributed by atoms with Crippen molar-refractivity contribution < 1.29 is 14.3 Å². The first-order valence-corrected chi connectivity index (χ1v) is 4.99. The van der Waals surface area contributed by atoms with E-state index in [1.807, 2.05) is 34.6 Å². The number of carbonyl (C=O) groups is 1. The van der Waals surface area contributed by atoms with Gasteiger partial charge in [-0.15, -0.1) is 0 Å². The molecule has 1 heterocycles. The van der Waals surface area contributed by atoms with Gasteiger partial charge in [-0.1, -0.05) is 20.8 Å². The predicted molar refractivity (Wildman–Crippen MR) is 53.7 cm³/mol. The molecule has 14 heavy (non-hydrogen) atoms. The third-order valence-corrected chi connectivity index (χ3v) is 2.48. The lowest BCUT2D eigenvalue weighted by atomic mass is 9.91. The van der Waals surface area contributed by atoms with Crippen molar-refractivity contribution in [3.63, 3.8) is 0 Å². The SMILES string of the molecule is CC(C)=C1OC(=O)O[C@@H](C(C)C)[C@H]1C. The van der Waals surface area contributed by atoms with Crippen molar-refractivity contribution in [1.82, 2.24) is 0 Å². The highest BCUT2D eigenvalue weighted by atomic mass is 16.7. The van der Waals surface area contributed by atoms with Crippen LogP contribution in [0, 0.1) is 11.8 Å². The zero-order chi connectivity index (χ0) is 10.9. The molecule has 1 fully saturated rings. The molecule has 0 bridgehead atoms. The lowest BCUT2D eigenvalue weighted by Gasteiger charge is -2.33. The zero-order valence-corrected chi connectivity index (χ0v) is 9.46. The molecule has 0 N–H and O–H groups in total. The molecule has 0 spiro atoms. The molecule has 1 aliphatic heterocycles. The second kappa shape index (κ2) is 4.03. The molecule has 0 aromatic heterocycles. The van der Waals surface area contributed by atoms with Gasteiger partial charge in [0.15, 0.2) is 0 Å². The predicted octanol–water partition coefficient (Wildman–Crippen LogP) is 3.11. The van der Waals surface area contributed by atoms with E-state index in [1.165, 1.54) is 0 Å². The summed E-state index contributed by atoms with van der Waals surface area (Å²) in [5.74, 6) is 1.23. The molecule has 1 rings (SSSR count). The van der Waals surface area contributed by atoms with Crippen molar-refractivity contribution in [2.24, 2.45) is 11.8 Å². The van der Waals surface area contributed by atoms with E-state index < -0.39 is 6.16 Å². The van der Waals surface area contributed by atoms with Gasteiger partial charge in [0.25, 0.3) is 0 Å². The number of hydrogen-bond acceptors (Lipinski definition) is 3. The van der Waals surface area contributed by atoms with Crippen LogP contribution >= 0.6 is 0 Å². The first-order valence-electron chi connectivity index (χ1n) is 4.99. The van der Waals surface area contributed by atoms with Gasteiger partial charge in [-0.05, 0) is 25.3 Å². The maximum Gasteiger partial charge on any atom is 0.513 e. The molecule has 1 saturated heterocycles. The van der Waals surface area contributed by atoms with E-state index in [1.54, 1.807) is 0 Å². The van der Waals surface area contributed by atoms with Crippen LogP contribution in [-0.4, -0.2) is 12.3 Å². The molecular formula is C11H18O3. The molecule has 0 aliphatic carbocycles. The minimum atomic E-state index is -0.571. The van der Waals surface area contributed by atoms with Gasteiger partial charge in [-0.25, -0.2) is 4.79 Å². The Morgan fingerprint density at radius 1 is 1.36 bits per heavy atom. The summed E-state index contributed by atoms with van der Waals surface area (Å²) in [7, 11) is 0. The Morgan fingerprint density at radius 3 is 2.36 bits per heavy atom. The summed E-state index contributed by atoms with van der Waals surface area (Å²) in [4.78, 5) is 11.2. The molecule has 0 radical (unpaired) electrons. The van der Waals surface area contributed by atoms with Crippen molar-refractivity contribution in [3.8, 4) is 0 Å². The molecule has 3 nitrogen and oxygen atoms in total. The Hall–Kier alpha value is -0.990. The van der Waals surface area contributed by atoms with Crippen LogP contribution in [0.15, 0.2) is 11.3 Å². The number of ether oxygens (including phenoxy) is 2. The third-order valence-electron chi connectivity index (χ3n) is 2.48. The van der Waals surface area contributed by atoms with E-state index in [4.69, 9.17) is 9.47 Å². The van der Waals surface area contributed by atoms with E-state index in [0.717, 1.165) is 11.3 Å². The zero-order valence-electron chi connectivity index (χ0n) is 9.46. The summed E-state index contributed by atoms with van der Waals surface area (Å²) in [6.07, 6.45) is -0.640. The monoisotopic (exact) mass is 198 g/mol. The second-order valence-electron chi connectivity index (χ2n) is 4.33.